The molecule has 1 N–H and O–H groups in total. The lowest BCUT2D eigenvalue weighted by atomic mass is 9.97. The van der Waals surface area contributed by atoms with Crippen LogP contribution in [-0.2, 0) is 14.8 Å². The van der Waals surface area contributed by atoms with Crippen molar-refractivity contribution < 1.29 is 22.0 Å². The third-order valence-corrected chi connectivity index (χ3v) is 8.28. The number of piperidine rings is 1. The van der Waals surface area contributed by atoms with E-state index in [0.717, 1.165) is 32.2 Å². The Labute approximate surface area is 186 Å². The molecule has 1 saturated heterocycles. The molecule has 2 heterocycles. The van der Waals surface area contributed by atoms with Gasteiger partial charge in [0, 0.05) is 30.1 Å². The summed E-state index contributed by atoms with van der Waals surface area (Å²) in [7, 11) is -4.11. The molecule has 0 bridgehead atoms. The smallest absolute Gasteiger partial charge is 0.245 e. The van der Waals surface area contributed by atoms with Gasteiger partial charge in [-0.05, 0) is 49.6 Å². The highest BCUT2D eigenvalue weighted by atomic mass is 35.5. The molecule has 4 rings (SSSR count). The molecular weight excluding hydrogens is 468 g/mol. The van der Waals surface area contributed by atoms with Crippen LogP contribution in [0.3, 0.4) is 0 Å². The van der Waals surface area contributed by atoms with Gasteiger partial charge in [-0.2, -0.15) is 4.31 Å². The summed E-state index contributed by atoms with van der Waals surface area (Å²) in [5.41, 5.74) is 1.68. The summed E-state index contributed by atoms with van der Waals surface area (Å²) in [4.78, 5) is 16.6. The Hall–Kier alpha value is -2.14. The highest BCUT2D eigenvalue weighted by molar-refractivity contribution is 7.89. The lowest BCUT2D eigenvalue weighted by molar-refractivity contribution is -0.120. The van der Waals surface area contributed by atoms with E-state index in [-0.39, 0.29) is 31.8 Å². The van der Waals surface area contributed by atoms with Crippen LogP contribution < -0.4 is 5.32 Å². The number of thiazole rings is 1. The van der Waals surface area contributed by atoms with Crippen LogP contribution in [0.15, 0.2) is 35.2 Å². The molecule has 0 aliphatic carbocycles. The number of nitrogens with one attached hydrogen (secondary N) is 1. The van der Waals surface area contributed by atoms with Crippen molar-refractivity contribution in [2.75, 3.05) is 18.4 Å². The first-order valence-electron chi connectivity index (χ1n) is 9.48. The van der Waals surface area contributed by atoms with Crippen molar-refractivity contribution in [3.63, 3.8) is 0 Å². The molecule has 0 atom stereocenters. The van der Waals surface area contributed by atoms with Gasteiger partial charge >= 0.3 is 0 Å². The van der Waals surface area contributed by atoms with Gasteiger partial charge in [0.25, 0.3) is 0 Å². The quantitative estimate of drug-likeness (QED) is 0.587. The summed E-state index contributed by atoms with van der Waals surface area (Å²) in [6.45, 7) is 2.01. The van der Waals surface area contributed by atoms with Crippen LogP contribution in [0.25, 0.3) is 10.2 Å². The molecule has 11 heteroatoms. The number of amides is 1. The molecule has 1 aliphatic rings. The fourth-order valence-corrected chi connectivity index (χ4v) is 6.44. The Balaban J connectivity index is 1.42. The standard InChI is InChI=1S/C20H18ClF2N3O3S2/c1-11-8-13(21)9-16-18(11)24-20(30-16)25-19(27)12-4-6-26(7-5-12)31(28,29)17-3-2-14(22)10-15(17)23/h2-3,8-10,12H,4-7H2,1H3,(H,24,25,27). The maximum absolute atomic E-state index is 14.0. The van der Waals surface area contributed by atoms with Crippen LogP contribution in [0.1, 0.15) is 18.4 Å². The van der Waals surface area contributed by atoms with Crippen molar-refractivity contribution in [2.24, 2.45) is 5.92 Å². The van der Waals surface area contributed by atoms with Crippen LogP contribution in [-0.4, -0.2) is 36.7 Å². The van der Waals surface area contributed by atoms with E-state index in [9.17, 15) is 22.0 Å². The number of hydrogen-bond acceptors (Lipinski definition) is 5. The fraction of sp³-hybridized carbons (Fsp3) is 0.300. The monoisotopic (exact) mass is 485 g/mol. The summed E-state index contributed by atoms with van der Waals surface area (Å²) in [5, 5.41) is 3.85. The van der Waals surface area contributed by atoms with E-state index < -0.39 is 32.5 Å². The fourth-order valence-electron chi connectivity index (χ4n) is 3.60. The third-order valence-electron chi connectivity index (χ3n) is 5.22. The highest BCUT2D eigenvalue weighted by Gasteiger charge is 2.34. The zero-order valence-corrected chi connectivity index (χ0v) is 18.8. The van der Waals surface area contributed by atoms with Crippen LogP contribution in [0.4, 0.5) is 13.9 Å². The molecule has 1 aromatic heterocycles. The SMILES string of the molecule is Cc1cc(Cl)cc2sc(NC(=O)C3CCN(S(=O)(=O)c4ccc(F)cc4F)CC3)nc12. The first-order chi connectivity index (χ1) is 14.6. The molecule has 0 radical (unpaired) electrons. The second-order valence-corrected chi connectivity index (χ2v) is 10.7. The minimum atomic E-state index is -4.11. The van der Waals surface area contributed by atoms with Crippen LogP contribution >= 0.6 is 22.9 Å². The van der Waals surface area contributed by atoms with Gasteiger partial charge in [-0.15, -0.1) is 0 Å². The Morgan fingerprint density at radius 2 is 1.94 bits per heavy atom. The van der Waals surface area contributed by atoms with E-state index in [1.807, 2.05) is 6.92 Å². The number of carbonyl (C=O) groups excluding carboxylic acids is 1. The second-order valence-electron chi connectivity index (χ2n) is 7.33. The van der Waals surface area contributed by atoms with Crippen LogP contribution in [0, 0.1) is 24.5 Å². The Morgan fingerprint density at radius 1 is 1.23 bits per heavy atom. The van der Waals surface area contributed by atoms with Crippen LogP contribution in [0.5, 0.6) is 0 Å². The molecule has 1 aliphatic heterocycles. The van der Waals surface area contributed by atoms with Crippen molar-refractivity contribution >= 4 is 54.2 Å². The van der Waals surface area contributed by atoms with Crippen molar-refractivity contribution in [3.8, 4) is 0 Å². The predicted octanol–water partition coefficient (Wildman–Crippen LogP) is 4.58. The van der Waals surface area contributed by atoms with Gasteiger partial charge in [0.1, 0.15) is 16.5 Å². The number of hydrogen-bond donors (Lipinski definition) is 1. The number of halogens is 3. The van der Waals surface area contributed by atoms with E-state index in [1.165, 1.54) is 11.3 Å². The Morgan fingerprint density at radius 3 is 2.61 bits per heavy atom. The number of rotatable bonds is 4. The topological polar surface area (TPSA) is 79.4 Å². The summed E-state index contributed by atoms with van der Waals surface area (Å²) in [6, 6.07) is 5.95. The maximum Gasteiger partial charge on any atom is 0.245 e. The van der Waals surface area contributed by atoms with E-state index in [4.69, 9.17) is 11.6 Å². The lowest BCUT2D eigenvalue weighted by Crippen LogP contribution is -2.41. The maximum atomic E-state index is 14.0. The number of aryl methyl sites for hydroxylation is 1. The third kappa shape index (κ3) is 4.43. The predicted molar refractivity (Wildman–Crippen MR) is 116 cm³/mol. The van der Waals surface area contributed by atoms with Crippen molar-refractivity contribution in [2.45, 2.75) is 24.7 Å². The van der Waals surface area contributed by atoms with Gasteiger partial charge < -0.3 is 5.32 Å². The summed E-state index contributed by atoms with van der Waals surface area (Å²) >= 11 is 7.39. The number of sulfonamides is 1. The van der Waals surface area contributed by atoms with Gasteiger partial charge in [-0.25, -0.2) is 22.2 Å². The van der Waals surface area contributed by atoms with E-state index in [2.05, 4.69) is 10.3 Å². The molecule has 6 nitrogen and oxygen atoms in total. The average Bonchev–Trinajstić information content (AvgIpc) is 3.10. The van der Waals surface area contributed by atoms with E-state index >= 15 is 0 Å². The molecular formula is C20H18ClF2N3O3S2. The number of anilines is 1. The zero-order chi connectivity index (χ0) is 22.3. The number of nitrogens with zero attached hydrogens (tertiary/aromatic N) is 2. The van der Waals surface area contributed by atoms with Gasteiger partial charge in [0.05, 0.1) is 10.2 Å². The number of benzene rings is 2. The van der Waals surface area contributed by atoms with E-state index in [0.29, 0.717) is 16.2 Å². The lowest BCUT2D eigenvalue weighted by Gasteiger charge is -2.30. The minimum Gasteiger partial charge on any atom is -0.302 e. The van der Waals surface area contributed by atoms with Crippen molar-refractivity contribution in [1.29, 1.82) is 0 Å². The van der Waals surface area contributed by atoms with Gasteiger partial charge in [-0.1, -0.05) is 22.9 Å². The highest BCUT2D eigenvalue weighted by Crippen LogP contribution is 2.32. The molecule has 31 heavy (non-hydrogen) atoms. The Bertz CT molecular complexity index is 1270. The second kappa shape index (κ2) is 8.42. The molecule has 1 fully saturated rings. The summed E-state index contributed by atoms with van der Waals surface area (Å²) < 4.78 is 54.4. The molecule has 3 aromatic rings. The number of aromatic nitrogens is 1. The van der Waals surface area contributed by atoms with E-state index in [1.54, 1.807) is 12.1 Å². The molecule has 0 saturated carbocycles. The average molecular weight is 486 g/mol. The largest absolute Gasteiger partial charge is 0.302 e. The van der Waals surface area contributed by atoms with Crippen molar-refractivity contribution in [3.05, 3.63) is 52.6 Å². The molecule has 164 valence electrons. The Kier molecular flexibility index (Phi) is 5.99. The van der Waals surface area contributed by atoms with Gasteiger partial charge in [-0.3, -0.25) is 4.79 Å². The zero-order valence-electron chi connectivity index (χ0n) is 16.4. The molecule has 2 aromatic carbocycles. The molecule has 1 amide bonds. The first kappa shape index (κ1) is 22.1. The minimum absolute atomic E-state index is 0.0613. The van der Waals surface area contributed by atoms with Crippen LogP contribution in [0.2, 0.25) is 5.02 Å². The van der Waals surface area contributed by atoms with Gasteiger partial charge in [0.15, 0.2) is 5.13 Å². The number of carbonyl (C=O) groups is 1. The molecule has 0 unspecified atom stereocenters. The van der Waals surface area contributed by atoms with Gasteiger partial charge in [0.2, 0.25) is 15.9 Å². The number of fused-ring (bicyclic) bond motifs is 1. The van der Waals surface area contributed by atoms with Crippen molar-refractivity contribution in [1.82, 2.24) is 9.29 Å². The molecule has 0 spiro atoms. The summed E-state index contributed by atoms with van der Waals surface area (Å²) in [5.74, 6) is -2.63. The normalized spacial score (nSPS) is 16.0. The first-order valence-corrected chi connectivity index (χ1v) is 12.1. The summed E-state index contributed by atoms with van der Waals surface area (Å²) in [6.07, 6.45) is 0.563.